The predicted octanol–water partition coefficient (Wildman–Crippen LogP) is 3.71. The Kier molecular flexibility index (Phi) is 7.10. The van der Waals surface area contributed by atoms with Gasteiger partial charge in [-0.3, -0.25) is 19.7 Å². The average molecular weight is 488 g/mol. The molecule has 0 bridgehead atoms. The number of carbonyl (C=O) groups is 3. The van der Waals surface area contributed by atoms with Crippen molar-refractivity contribution in [3.05, 3.63) is 99.6 Å². The first-order chi connectivity index (χ1) is 17.3. The zero-order chi connectivity index (χ0) is 25.8. The van der Waals surface area contributed by atoms with E-state index in [-0.39, 0.29) is 12.1 Å². The van der Waals surface area contributed by atoms with E-state index < -0.39 is 40.6 Å². The number of carbonyl (C=O) groups excluding carboxylic acids is 3. The van der Waals surface area contributed by atoms with Crippen molar-refractivity contribution in [2.45, 2.75) is 24.3 Å². The van der Waals surface area contributed by atoms with Crippen molar-refractivity contribution in [3.63, 3.8) is 0 Å². The van der Waals surface area contributed by atoms with E-state index in [0.717, 1.165) is 22.3 Å². The van der Waals surface area contributed by atoms with E-state index in [1.54, 1.807) is 0 Å². The molecule has 1 aliphatic rings. The van der Waals surface area contributed by atoms with Crippen molar-refractivity contribution in [3.8, 4) is 11.1 Å². The number of ether oxygens (including phenoxy) is 2. The zero-order valence-electron chi connectivity index (χ0n) is 19.7. The number of nitro groups is 1. The first kappa shape index (κ1) is 24.6. The fraction of sp³-hybridized carbons (Fsp3) is 0.222. The standard InChI is InChI=1S/C27H24N2O7/c1-35-23(30)15-22(16-11-13-17(14-12-16)29(33)34)25(27(32)36-2)28-26(31)24-20-9-5-3-7-18(20)19-8-4-6-10-21(19)24/h3-14,22,24-25H,15H2,1-2H3,(H,28,31)/t22-,25-/m0/s1. The number of hydrogen-bond donors (Lipinski definition) is 1. The molecule has 0 unspecified atom stereocenters. The van der Waals surface area contributed by atoms with Crippen molar-refractivity contribution in [2.24, 2.45) is 0 Å². The van der Waals surface area contributed by atoms with Crippen LogP contribution < -0.4 is 5.32 Å². The van der Waals surface area contributed by atoms with E-state index >= 15 is 0 Å². The fourth-order valence-electron chi connectivity index (χ4n) is 4.66. The number of amides is 1. The maximum absolute atomic E-state index is 13.7. The normalized spacial score (nSPS) is 13.6. The minimum atomic E-state index is -1.25. The lowest BCUT2D eigenvalue weighted by Crippen LogP contribution is -2.47. The Morgan fingerprint density at radius 3 is 1.94 bits per heavy atom. The summed E-state index contributed by atoms with van der Waals surface area (Å²) in [5.41, 5.74) is 3.77. The van der Waals surface area contributed by atoms with E-state index in [1.807, 2.05) is 48.5 Å². The average Bonchev–Trinajstić information content (AvgIpc) is 3.24. The third kappa shape index (κ3) is 4.68. The molecule has 0 fully saturated rings. The van der Waals surface area contributed by atoms with Gasteiger partial charge in [0.2, 0.25) is 5.91 Å². The van der Waals surface area contributed by atoms with Crippen LogP contribution in [0.5, 0.6) is 0 Å². The van der Waals surface area contributed by atoms with Gasteiger partial charge in [-0.05, 0) is 27.8 Å². The SMILES string of the molecule is COC(=O)C[C@@H](c1ccc([N+](=O)[O-])cc1)[C@H](NC(=O)C1c2ccccc2-c2ccccc21)C(=O)OC. The Labute approximate surface area is 207 Å². The van der Waals surface area contributed by atoms with Crippen LogP contribution in [0.4, 0.5) is 5.69 Å². The maximum Gasteiger partial charge on any atom is 0.329 e. The summed E-state index contributed by atoms with van der Waals surface area (Å²) in [5.74, 6) is -3.35. The van der Waals surface area contributed by atoms with Crippen LogP contribution in [0, 0.1) is 10.1 Å². The second-order valence-corrected chi connectivity index (χ2v) is 8.35. The monoisotopic (exact) mass is 488 g/mol. The highest BCUT2D eigenvalue weighted by molar-refractivity contribution is 5.98. The van der Waals surface area contributed by atoms with Crippen molar-refractivity contribution in [1.82, 2.24) is 5.32 Å². The molecule has 3 aromatic carbocycles. The minimum absolute atomic E-state index is 0.145. The zero-order valence-corrected chi connectivity index (χ0v) is 19.7. The van der Waals surface area contributed by atoms with Crippen LogP contribution in [0.3, 0.4) is 0 Å². The molecule has 9 heteroatoms. The van der Waals surface area contributed by atoms with Crippen LogP contribution in [-0.2, 0) is 23.9 Å². The van der Waals surface area contributed by atoms with Crippen LogP contribution in [0.25, 0.3) is 11.1 Å². The lowest BCUT2D eigenvalue weighted by molar-refractivity contribution is -0.384. The summed E-state index contributed by atoms with van der Waals surface area (Å²) in [7, 11) is 2.40. The fourth-order valence-corrected chi connectivity index (χ4v) is 4.66. The van der Waals surface area contributed by atoms with Crippen molar-refractivity contribution in [2.75, 3.05) is 14.2 Å². The van der Waals surface area contributed by atoms with Crippen LogP contribution in [0.15, 0.2) is 72.8 Å². The smallest absolute Gasteiger partial charge is 0.329 e. The molecule has 0 aliphatic heterocycles. The number of methoxy groups -OCH3 is 2. The largest absolute Gasteiger partial charge is 0.469 e. The molecule has 36 heavy (non-hydrogen) atoms. The predicted molar refractivity (Wildman–Crippen MR) is 130 cm³/mol. The summed E-state index contributed by atoms with van der Waals surface area (Å²) >= 11 is 0. The topological polar surface area (TPSA) is 125 Å². The maximum atomic E-state index is 13.7. The van der Waals surface area contributed by atoms with E-state index in [0.29, 0.717) is 5.56 Å². The number of esters is 2. The van der Waals surface area contributed by atoms with Gasteiger partial charge in [-0.2, -0.15) is 0 Å². The highest BCUT2D eigenvalue weighted by Crippen LogP contribution is 2.44. The molecular formula is C27H24N2O7. The third-order valence-corrected chi connectivity index (χ3v) is 6.40. The minimum Gasteiger partial charge on any atom is -0.469 e. The van der Waals surface area contributed by atoms with Gasteiger partial charge in [0, 0.05) is 18.1 Å². The van der Waals surface area contributed by atoms with E-state index in [1.165, 1.54) is 38.5 Å². The Balaban J connectivity index is 1.72. The first-order valence-corrected chi connectivity index (χ1v) is 11.2. The number of nitro benzene ring substituents is 1. The van der Waals surface area contributed by atoms with Gasteiger partial charge in [0.15, 0.2) is 0 Å². The lowest BCUT2D eigenvalue weighted by atomic mass is 9.87. The molecule has 1 amide bonds. The Hall–Kier alpha value is -4.53. The Morgan fingerprint density at radius 1 is 0.889 bits per heavy atom. The number of nitrogens with zero attached hydrogens (tertiary/aromatic N) is 1. The number of nitrogens with one attached hydrogen (secondary N) is 1. The summed E-state index contributed by atoms with van der Waals surface area (Å²) in [4.78, 5) is 49.4. The van der Waals surface area contributed by atoms with Crippen LogP contribution in [-0.4, -0.2) is 43.0 Å². The Morgan fingerprint density at radius 2 is 1.44 bits per heavy atom. The number of hydrogen-bond acceptors (Lipinski definition) is 7. The second-order valence-electron chi connectivity index (χ2n) is 8.35. The van der Waals surface area contributed by atoms with E-state index in [4.69, 9.17) is 9.47 Å². The van der Waals surface area contributed by atoms with Crippen molar-refractivity contribution >= 4 is 23.5 Å². The quantitative estimate of drug-likeness (QED) is 0.291. The van der Waals surface area contributed by atoms with Gasteiger partial charge >= 0.3 is 11.9 Å². The molecular weight excluding hydrogens is 464 g/mol. The summed E-state index contributed by atoms with van der Waals surface area (Å²) in [5, 5.41) is 13.9. The molecule has 0 saturated heterocycles. The number of fused-ring (bicyclic) bond motifs is 3. The second kappa shape index (κ2) is 10.4. The van der Waals surface area contributed by atoms with Crippen molar-refractivity contribution < 1.29 is 28.8 Å². The molecule has 0 spiro atoms. The molecule has 3 aromatic rings. The lowest BCUT2D eigenvalue weighted by Gasteiger charge is -2.27. The van der Waals surface area contributed by atoms with Crippen LogP contribution in [0.1, 0.15) is 34.9 Å². The first-order valence-electron chi connectivity index (χ1n) is 11.2. The highest BCUT2D eigenvalue weighted by atomic mass is 16.6. The summed E-state index contributed by atoms with van der Waals surface area (Å²) in [6, 6.07) is 19.3. The highest BCUT2D eigenvalue weighted by Gasteiger charge is 2.39. The van der Waals surface area contributed by atoms with Gasteiger partial charge in [0.25, 0.3) is 5.69 Å². The molecule has 1 aliphatic carbocycles. The Bertz CT molecular complexity index is 1270. The van der Waals surface area contributed by atoms with Crippen LogP contribution >= 0.6 is 0 Å². The summed E-state index contributed by atoms with van der Waals surface area (Å²) in [6.45, 7) is 0. The summed E-state index contributed by atoms with van der Waals surface area (Å²) < 4.78 is 9.79. The molecule has 1 N–H and O–H groups in total. The van der Waals surface area contributed by atoms with Gasteiger partial charge in [0.05, 0.1) is 31.5 Å². The van der Waals surface area contributed by atoms with E-state index in [2.05, 4.69) is 5.32 Å². The molecule has 9 nitrogen and oxygen atoms in total. The number of non-ortho nitro benzene ring substituents is 1. The van der Waals surface area contributed by atoms with E-state index in [9.17, 15) is 24.5 Å². The molecule has 0 radical (unpaired) electrons. The van der Waals surface area contributed by atoms with Gasteiger partial charge in [-0.15, -0.1) is 0 Å². The van der Waals surface area contributed by atoms with Crippen LogP contribution in [0.2, 0.25) is 0 Å². The van der Waals surface area contributed by atoms with Gasteiger partial charge < -0.3 is 14.8 Å². The molecule has 4 rings (SSSR count). The molecule has 0 heterocycles. The molecule has 0 aromatic heterocycles. The summed E-state index contributed by atoms with van der Waals surface area (Å²) in [6.07, 6.45) is -0.258. The van der Waals surface area contributed by atoms with Crippen molar-refractivity contribution in [1.29, 1.82) is 0 Å². The van der Waals surface area contributed by atoms with Gasteiger partial charge in [-0.25, -0.2) is 4.79 Å². The van der Waals surface area contributed by atoms with Gasteiger partial charge in [-0.1, -0.05) is 60.7 Å². The van der Waals surface area contributed by atoms with Gasteiger partial charge in [0.1, 0.15) is 6.04 Å². The number of benzene rings is 3. The number of rotatable bonds is 8. The third-order valence-electron chi connectivity index (χ3n) is 6.40. The molecule has 0 saturated carbocycles. The molecule has 2 atom stereocenters. The molecule has 184 valence electrons.